The van der Waals surface area contributed by atoms with Gasteiger partial charge in [0.15, 0.2) is 0 Å². The molecule has 0 fully saturated rings. The van der Waals surface area contributed by atoms with Crippen LogP contribution in [0.1, 0.15) is 35.7 Å². The maximum atomic E-state index is 13.5. The number of nitrogens with zero attached hydrogens (tertiary/aromatic N) is 1. The predicted octanol–water partition coefficient (Wildman–Crippen LogP) is 3.36. The zero-order chi connectivity index (χ0) is 15.6. The Morgan fingerprint density at radius 1 is 1.33 bits per heavy atom. The summed E-state index contributed by atoms with van der Waals surface area (Å²) in [6.07, 6.45) is 0. The highest BCUT2D eigenvalue weighted by Crippen LogP contribution is 2.21. The minimum atomic E-state index is -0.585. The molecular weight excluding hydrogens is 271 g/mol. The largest absolute Gasteiger partial charge is 0.464 e. The van der Waals surface area contributed by atoms with E-state index in [2.05, 4.69) is 0 Å². The maximum absolute atomic E-state index is 13.5. The van der Waals surface area contributed by atoms with E-state index in [0.717, 1.165) is 5.76 Å². The van der Waals surface area contributed by atoms with Crippen molar-refractivity contribution in [3.63, 3.8) is 0 Å². The van der Waals surface area contributed by atoms with Crippen LogP contribution in [0.3, 0.4) is 0 Å². The number of rotatable bonds is 4. The van der Waals surface area contributed by atoms with Gasteiger partial charge in [0.2, 0.25) is 0 Å². The molecule has 0 aliphatic carbocycles. The monoisotopic (exact) mass is 290 g/mol. The number of hydrogen-bond acceptors (Lipinski definition) is 3. The second-order valence-electron chi connectivity index (χ2n) is 5.24. The van der Waals surface area contributed by atoms with Crippen molar-refractivity contribution in [3.8, 4) is 0 Å². The highest BCUT2D eigenvalue weighted by atomic mass is 19.1. The summed E-state index contributed by atoms with van der Waals surface area (Å²) in [6.45, 7) is 5.95. The van der Waals surface area contributed by atoms with Gasteiger partial charge in [-0.05, 0) is 45.0 Å². The van der Waals surface area contributed by atoms with Gasteiger partial charge in [0.05, 0.1) is 17.8 Å². The smallest absolute Gasteiger partial charge is 0.256 e. The lowest BCUT2D eigenvalue weighted by Crippen LogP contribution is -2.36. The van der Waals surface area contributed by atoms with Gasteiger partial charge in [0.25, 0.3) is 5.91 Å². The number of carbonyl (C=O) groups excluding carboxylic acids is 1. The van der Waals surface area contributed by atoms with Gasteiger partial charge in [-0.1, -0.05) is 6.07 Å². The molecule has 1 amide bonds. The normalized spacial score (nSPS) is 10.9. The number of anilines is 1. The van der Waals surface area contributed by atoms with Crippen LogP contribution in [-0.2, 0) is 6.54 Å². The number of hydrogen-bond donors (Lipinski definition) is 1. The Labute approximate surface area is 123 Å². The molecule has 0 radical (unpaired) electrons. The molecule has 2 N–H and O–H groups in total. The standard InChI is InChI=1S/C16H19FN2O2/c1-10(2)19(9-12-8-7-11(3)21-12)16(20)13-5-4-6-14(17)15(13)18/h4-8,10H,9,18H2,1-3H3. The fourth-order valence-corrected chi connectivity index (χ4v) is 2.11. The molecule has 0 aliphatic rings. The number of aryl methyl sites for hydroxylation is 1. The zero-order valence-electron chi connectivity index (χ0n) is 12.4. The average molecular weight is 290 g/mol. The van der Waals surface area contributed by atoms with Crippen LogP contribution in [-0.4, -0.2) is 16.8 Å². The number of nitrogens with two attached hydrogens (primary N) is 1. The molecule has 0 saturated heterocycles. The highest BCUT2D eigenvalue weighted by molar-refractivity contribution is 5.99. The average Bonchev–Trinajstić information content (AvgIpc) is 2.84. The first-order valence-electron chi connectivity index (χ1n) is 6.80. The second kappa shape index (κ2) is 5.99. The van der Waals surface area contributed by atoms with Gasteiger partial charge in [0.1, 0.15) is 17.3 Å². The summed E-state index contributed by atoms with van der Waals surface area (Å²) in [4.78, 5) is 14.2. The molecule has 0 unspecified atom stereocenters. The molecule has 0 atom stereocenters. The summed E-state index contributed by atoms with van der Waals surface area (Å²) >= 11 is 0. The molecule has 0 bridgehead atoms. The highest BCUT2D eigenvalue weighted by Gasteiger charge is 2.23. The van der Waals surface area contributed by atoms with Crippen molar-refractivity contribution < 1.29 is 13.6 Å². The van der Waals surface area contributed by atoms with Crippen molar-refractivity contribution in [2.24, 2.45) is 0 Å². The van der Waals surface area contributed by atoms with E-state index in [0.29, 0.717) is 12.3 Å². The molecule has 2 aromatic rings. The van der Waals surface area contributed by atoms with Gasteiger partial charge < -0.3 is 15.1 Å². The van der Waals surface area contributed by atoms with Crippen LogP contribution in [0.5, 0.6) is 0 Å². The van der Waals surface area contributed by atoms with Crippen LogP contribution in [0.15, 0.2) is 34.7 Å². The molecule has 4 nitrogen and oxygen atoms in total. The summed E-state index contributed by atoms with van der Waals surface area (Å²) < 4.78 is 19.0. The number of nitrogen functional groups attached to an aromatic ring is 1. The fourth-order valence-electron chi connectivity index (χ4n) is 2.11. The molecule has 1 aromatic carbocycles. The van der Waals surface area contributed by atoms with E-state index in [1.54, 1.807) is 4.90 Å². The molecule has 0 aliphatic heterocycles. The van der Waals surface area contributed by atoms with Crippen molar-refractivity contribution in [1.82, 2.24) is 4.90 Å². The molecule has 0 saturated carbocycles. The summed E-state index contributed by atoms with van der Waals surface area (Å²) in [5, 5.41) is 0. The molecule has 21 heavy (non-hydrogen) atoms. The van der Waals surface area contributed by atoms with Crippen LogP contribution in [0.25, 0.3) is 0 Å². The number of para-hydroxylation sites is 1. The Bertz CT molecular complexity index is 649. The number of furan rings is 1. The van der Waals surface area contributed by atoms with Gasteiger partial charge in [-0.2, -0.15) is 0 Å². The van der Waals surface area contributed by atoms with E-state index in [9.17, 15) is 9.18 Å². The molecule has 112 valence electrons. The van der Waals surface area contributed by atoms with Crippen LogP contribution in [0, 0.1) is 12.7 Å². The van der Waals surface area contributed by atoms with Gasteiger partial charge in [-0.3, -0.25) is 4.79 Å². The van der Waals surface area contributed by atoms with Crippen molar-refractivity contribution in [2.75, 3.05) is 5.73 Å². The van der Waals surface area contributed by atoms with E-state index >= 15 is 0 Å². The third kappa shape index (κ3) is 3.24. The summed E-state index contributed by atoms with van der Waals surface area (Å²) in [5.74, 6) is 0.574. The molecule has 1 heterocycles. The Hall–Kier alpha value is -2.30. The van der Waals surface area contributed by atoms with E-state index < -0.39 is 5.82 Å². The maximum Gasteiger partial charge on any atom is 0.256 e. The minimum absolute atomic E-state index is 0.0643. The third-order valence-electron chi connectivity index (χ3n) is 3.29. The van der Waals surface area contributed by atoms with Crippen molar-refractivity contribution >= 4 is 11.6 Å². The van der Waals surface area contributed by atoms with Gasteiger partial charge in [-0.25, -0.2) is 4.39 Å². The summed E-state index contributed by atoms with van der Waals surface area (Å²) in [6, 6.07) is 7.85. The molecule has 5 heteroatoms. The zero-order valence-corrected chi connectivity index (χ0v) is 12.4. The van der Waals surface area contributed by atoms with Gasteiger partial charge in [-0.15, -0.1) is 0 Å². The lowest BCUT2D eigenvalue weighted by molar-refractivity contribution is 0.0676. The van der Waals surface area contributed by atoms with E-state index in [1.807, 2.05) is 32.9 Å². The summed E-state index contributed by atoms with van der Waals surface area (Å²) in [7, 11) is 0. The number of benzene rings is 1. The van der Waals surface area contributed by atoms with E-state index in [4.69, 9.17) is 10.2 Å². The lowest BCUT2D eigenvalue weighted by atomic mass is 10.1. The SMILES string of the molecule is Cc1ccc(CN(C(=O)c2cccc(F)c2N)C(C)C)o1. The Morgan fingerprint density at radius 2 is 2.05 bits per heavy atom. The first-order chi connectivity index (χ1) is 9.90. The second-order valence-corrected chi connectivity index (χ2v) is 5.24. The van der Waals surface area contributed by atoms with Gasteiger partial charge >= 0.3 is 0 Å². The third-order valence-corrected chi connectivity index (χ3v) is 3.29. The Morgan fingerprint density at radius 3 is 2.62 bits per heavy atom. The van der Waals surface area contributed by atoms with Crippen molar-refractivity contribution in [3.05, 3.63) is 53.2 Å². The quantitative estimate of drug-likeness (QED) is 0.878. The minimum Gasteiger partial charge on any atom is -0.464 e. The fraction of sp³-hybridized carbons (Fsp3) is 0.312. The van der Waals surface area contributed by atoms with Crippen molar-refractivity contribution in [1.29, 1.82) is 0 Å². The first kappa shape index (κ1) is 15.1. The van der Waals surface area contributed by atoms with Crippen LogP contribution >= 0.6 is 0 Å². The van der Waals surface area contributed by atoms with Crippen LogP contribution in [0.4, 0.5) is 10.1 Å². The molecular formula is C16H19FN2O2. The predicted molar refractivity (Wildman–Crippen MR) is 79.3 cm³/mol. The molecule has 2 rings (SSSR count). The number of halogens is 1. The Kier molecular flexibility index (Phi) is 4.31. The Balaban J connectivity index is 2.29. The summed E-state index contributed by atoms with van der Waals surface area (Å²) in [5.41, 5.74) is 5.72. The number of amides is 1. The first-order valence-corrected chi connectivity index (χ1v) is 6.80. The van der Waals surface area contributed by atoms with E-state index in [-0.39, 0.29) is 23.2 Å². The van der Waals surface area contributed by atoms with Crippen LogP contribution < -0.4 is 5.73 Å². The molecule has 1 aromatic heterocycles. The van der Waals surface area contributed by atoms with Crippen LogP contribution in [0.2, 0.25) is 0 Å². The topological polar surface area (TPSA) is 59.5 Å². The number of carbonyl (C=O) groups is 1. The molecule has 0 spiro atoms. The lowest BCUT2D eigenvalue weighted by Gasteiger charge is -2.26. The van der Waals surface area contributed by atoms with Gasteiger partial charge in [0, 0.05) is 6.04 Å². The van der Waals surface area contributed by atoms with Crippen molar-refractivity contribution in [2.45, 2.75) is 33.4 Å². The van der Waals surface area contributed by atoms with E-state index in [1.165, 1.54) is 18.2 Å².